The number of hydrogen-bond acceptors (Lipinski definition) is 6. The molecular formula is C15H20N8. The van der Waals surface area contributed by atoms with E-state index in [1.54, 1.807) is 10.9 Å². The van der Waals surface area contributed by atoms with Gasteiger partial charge in [0.15, 0.2) is 5.65 Å². The Morgan fingerprint density at radius 3 is 3.09 bits per heavy atom. The monoisotopic (exact) mass is 312 g/mol. The van der Waals surface area contributed by atoms with Crippen molar-refractivity contribution in [3.05, 3.63) is 24.3 Å². The first-order chi connectivity index (χ1) is 11.3. The van der Waals surface area contributed by atoms with Gasteiger partial charge in [-0.1, -0.05) is 0 Å². The summed E-state index contributed by atoms with van der Waals surface area (Å²) in [7, 11) is 1.88. The van der Waals surface area contributed by atoms with Crippen LogP contribution in [0.1, 0.15) is 18.5 Å². The smallest absolute Gasteiger partial charge is 0.229 e. The van der Waals surface area contributed by atoms with E-state index in [1.165, 1.54) is 12.8 Å². The average molecular weight is 312 g/mol. The van der Waals surface area contributed by atoms with Gasteiger partial charge in [0.05, 0.1) is 29.2 Å². The zero-order chi connectivity index (χ0) is 15.6. The van der Waals surface area contributed by atoms with Crippen molar-refractivity contribution in [3.8, 4) is 0 Å². The predicted octanol–water partition coefficient (Wildman–Crippen LogP) is 1.37. The van der Waals surface area contributed by atoms with Gasteiger partial charge >= 0.3 is 0 Å². The third-order valence-electron chi connectivity index (χ3n) is 4.23. The number of aryl methyl sites for hydroxylation is 1. The van der Waals surface area contributed by atoms with Gasteiger partial charge in [0.2, 0.25) is 5.95 Å². The lowest BCUT2D eigenvalue weighted by molar-refractivity contribution is 0.374. The number of rotatable bonds is 4. The summed E-state index contributed by atoms with van der Waals surface area (Å²) in [5.74, 6) is 1.19. The highest BCUT2D eigenvalue weighted by molar-refractivity contribution is 5.78. The Morgan fingerprint density at radius 2 is 2.30 bits per heavy atom. The van der Waals surface area contributed by atoms with Crippen LogP contribution >= 0.6 is 0 Å². The summed E-state index contributed by atoms with van der Waals surface area (Å²) in [6.45, 7) is 2.17. The van der Waals surface area contributed by atoms with E-state index in [0.717, 1.165) is 41.9 Å². The van der Waals surface area contributed by atoms with Crippen LogP contribution in [0.5, 0.6) is 0 Å². The molecule has 0 spiro atoms. The van der Waals surface area contributed by atoms with Crippen molar-refractivity contribution in [1.82, 2.24) is 35.3 Å². The molecular weight excluding hydrogens is 292 g/mol. The quantitative estimate of drug-likeness (QED) is 0.673. The minimum atomic E-state index is 0.577. The van der Waals surface area contributed by atoms with E-state index < -0.39 is 0 Å². The van der Waals surface area contributed by atoms with E-state index in [2.05, 4.69) is 30.9 Å². The first-order valence-corrected chi connectivity index (χ1v) is 7.94. The second-order valence-corrected chi connectivity index (χ2v) is 6.07. The first kappa shape index (κ1) is 14.1. The van der Waals surface area contributed by atoms with Crippen molar-refractivity contribution in [3.63, 3.8) is 0 Å². The molecule has 0 radical (unpaired) electrons. The molecule has 0 amide bonds. The van der Waals surface area contributed by atoms with Crippen LogP contribution in [-0.4, -0.2) is 43.0 Å². The van der Waals surface area contributed by atoms with Crippen molar-refractivity contribution in [2.24, 2.45) is 13.0 Å². The fourth-order valence-electron chi connectivity index (χ4n) is 3.09. The Balaban J connectivity index is 1.63. The molecule has 8 nitrogen and oxygen atoms in total. The van der Waals surface area contributed by atoms with Crippen molar-refractivity contribution >= 4 is 22.7 Å². The van der Waals surface area contributed by atoms with E-state index >= 15 is 0 Å². The Morgan fingerprint density at radius 1 is 1.35 bits per heavy atom. The van der Waals surface area contributed by atoms with E-state index in [0.29, 0.717) is 11.9 Å². The van der Waals surface area contributed by atoms with Gasteiger partial charge in [-0.2, -0.15) is 15.2 Å². The third kappa shape index (κ3) is 3.02. The molecule has 0 bridgehead atoms. The van der Waals surface area contributed by atoms with Gasteiger partial charge in [-0.25, -0.2) is 4.98 Å². The molecule has 8 heteroatoms. The lowest BCUT2D eigenvalue weighted by Crippen LogP contribution is -2.31. The lowest BCUT2D eigenvalue weighted by Gasteiger charge is -2.22. The number of nitrogens with one attached hydrogen (secondary N) is 3. The van der Waals surface area contributed by atoms with Crippen molar-refractivity contribution < 1.29 is 0 Å². The van der Waals surface area contributed by atoms with Gasteiger partial charge in [0.25, 0.3) is 0 Å². The minimum Gasteiger partial charge on any atom is -0.321 e. The zero-order valence-corrected chi connectivity index (χ0v) is 13.1. The van der Waals surface area contributed by atoms with Gasteiger partial charge in [-0.3, -0.25) is 9.78 Å². The molecule has 23 heavy (non-hydrogen) atoms. The molecule has 4 rings (SSSR count). The summed E-state index contributed by atoms with van der Waals surface area (Å²) in [4.78, 5) is 9.23. The van der Waals surface area contributed by atoms with E-state index in [9.17, 15) is 0 Å². The standard InChI is InChI=1S/C15H20N8/c1-23-9-11(7-18-23)19-15-20-13(5-10-3-2-4-16-6-10)12-8-17-22-14(12)21-15/h7-10,16H,2-6H2,1H3,(H2,17,19,20,21,22). The molecule has 1 aliphatic rings. The van der Waals surface area contributed by atoms with Crippen LogP contribution < -0.4 is 10.6 Å². The predicted molar refractivity (Wildman–Crippen MR) is 87.5 cm³/mol. The maximum absolute atomic E-state index is 4.72. The lowest BCUT2D eigenvalue weighted by atomic mass is 9.94. The molecule has 3 aromatic rings. The second kappa shape index (κ2) is 5.96. The summed E-state index contributed by atoms with van der Waals surface area (Å²) in [6.07, 6.45) is 8.87. The van der Waals surface area contributed by atoms with Gasteiger partial charge in [-0.15, -0.1) is 0 Å². The van der Waals surface area contributed by atoms with Gasteiger partial charge in [0.1, 0.15) is 0 Å². The Bertz CT molecular complexity index is 799. The second-order valence-electron chi connectivity index (χ2n) is 6.07. The molecule has 1 unspecified atom stereocenters. The molecule has 3 aromatic heterocycles. The molecule has 1 saturated heterocycles. The maximum Gasteiger partial charge on any atom is 0.229 e. The number of aromatic nitrogens is 6. The van der Waals surface area contributed by atoms with Crippen LogP contribution in [0.4, 0.5) is 11.6 Å². The number of aromatic amines is 1. The minimum absolute atomic E-state index is 0.577. The number of H-pyrrole nitrogens is 1. The molecule has 3 N–H and O–H groups in total. The van der Waals surface area contributed by atoms with Gasteiger partial charge in [-0.05, 0) is 38.3 Å². The van der Waals surface area contributed by atoms with Crippen LogP contribution in [0.2, 0.25) is 0 Å². The molecule has 4 heterocycles. The fourth-order valence-corrected chi connectivity index (χ4v) is 3.09. The van der Waals surface area contributed by atoms with Crippen LogP contribution in [0.25, 0.3) is 11.0 Å². The molecule has 1 aliphatic heterocycles. The highest BCUT2D eigenvalue weighted by Crippen LogP contribution is 2.23. The van der Waals surface area contributed by atoms with Crippen LogP contribution in [0.3, 0.4) is 0 Å². The Hall–Kier alpha value is -2.48. The summed E-state index contributed by atoms with van der Waals surface area (Å²) in [6, 6.07) is 0. The first-order valence-electron chi connectivity index (χ1n) is 7.94. The highest BCUT2D eigenvalue weighted by Gasteiger charge is 2.18. The number of fused-ring (bicyclic) bond motifs is 1. The van der Waals surface area contributed by atoms with Gasteiger partial charge in [0, 0.05) is 13.2 Å². The highest BCUT2D eigenvalue weighted by atomic mass is 15.3. The summed E-state index contributed by atoms with van der Waals surface area (Å²) in [5, 5.41) is 18.9. The van der Waals surface area contributed by atoms with E-state index in [-0.39, 0.29) is 0 Å². The van der Waals surface area contributed by atoms with Crippen molar-refractivity contribution in [2.45, 2.75) is 19.3 Å². The Labute approximate surface area is 133 Å². The van der Waals surface area contributed by atoms with Crippen molar-refractivity contribution in [2.75, 3.05) is 18.4 Å². The number of hydrogen-bond donors (Lipinski definition) is 3. The van der Waals surface area contributed by atoms with E-state index in [1.807, 2.05) is 19.4 Å². The summed E-state index contributed by atoms with van der Waals surface area (Å²) >= 11 is 0. The Kier molecular flexibility index (Phi) is 3.66. The zero-order valence-electron chi connectivity index (χ0n) is 13.1. The average Bonchev–Trinajstić information content (AvgIpc) is 3.17. The molecule has 1 fully saturated rings. The summed E-state index contributed by atoms with van der Waals surface area (Å²) < 4.78 is 1.74. The largest absolute Gasteiger partial charge is 0.321 e. The van der Waals surface area contributed by atoms with Gasteiger partial charge < -0.3 is 10.6 Å². The normalized spacial score (nSPS) is 18.4. The van der Waals surface area contributed by atoms with E-state index in [4.69, 9.17) is 4.98 Å². The number of piperidine rings is 1. The third-order valence-corrected chi connectivity index (χ3v) is 4.23. The number of nitrogens with zero attached hydrogens (tertiary/aromatic N) is 5. The molecule has 120 valence electrons. The molecule has 0 aromatic carbocycles. The van der Waals surface area contributed by atoms with Crippen LogP contribution in [-0.2, 0) is 13.5 Å². The number of anilines is 2. The topological polar surface area (TPSA) is 96.3 Å². The SMILES string of the molecule is Cn1cc(Nc2nc(CC3CCCNC3)c3cn[nH]c3n2)cn1. The molecule has 1 atom stereocenters. The molecule has 0 aliphatic carbocycles. The summed E-state index contributed by atoms with van der Waals surface area (Å²) in [5.41, 5.74) is 2.69. The fraction of sp³-hybridized carbons (Fsp3) is 0.467. The van der Waals surface area contributed by atoms with Crippen molar-refractivity contribution in [1.29, 1.82) is 0 Å². The maximum atomic E-state index is 4.72. The molecule has 0 saturated carbocycles. The van der Waals surface area contributed by atoms with Crippen LogP contribution in [0.15, 0.2) is 18.6 Å². The van der Waals surface area contributed by atoms with Crippen LogP contribution in [0, 0.1) is 5.92 Å².